The zero-order chi connectivity index (χ0) is 20.2. The van der Waals surface area contributed by atoms with Crippen LogP contribution in [0.2, 0.25) is 0 Å². The Bertz CT molecular complexity index is 1220. The molecule has 7 heteroatoms. The van der Waals surface area contributed by atoms with Crippen molar-refractivity contribution in [3.63, 3.8) is 0 Å². The number of fused-ring (bicyclic) bond motifs is 2. The van der Waals surface area contributed by atoms with Crippen molar-refractivity contribution in [2.45, 2.75) is 18.6 Å². The van der Waals surface area contributed by atoms with Crippen molar-refractivity contribution in [3.05, 3.63) is 66.2 Å². The summed E-state index contributed by atoms with van der Waals surface area (Å²) in [6.45, 7) is 2.84. The molecule has 29 heavy (non-hydrogen) atoms. The number of phenols is 1. The van der Waals surface area contributed by atoms with Crippen LogP contribution >= 0.6 is 11.8 Å². The number of carbonyl (C=O) groups excluding carboxylic acids is 1. The van der Waals surface area contributed by atoms with E-state index in [0.717, 1.165) is 33.5 Å². The first-order valence-corrected chi connectivity index (χ1v) is 10.3. The number of imidazole rings is 1. The van der Waals surface area contributed by atoms with Crippen LogP contribution in [0.25, 0.3) is 21.8 Å². The molecule has 2 N–H and O–H groups in total. The van der Waals surface area contributed by atoms with E-state index < -0.39 is 0 Å². The van der Waals surface area contributed by atoms with Crippen molar-refractivity contribution in [2.75, 3.05) is 5.75 Å². The molecule has 0 spiro atoms. The molecular formula is C22H20N4O2S. The first-order valence-electron chi connectivity index (χ1n) is 9.28. The number of aryl methyl sites for hydroxylation is 1. The molecule has 0 aliphatic heterocycles. The SMILES string of the molecule is CCn1c(SCC(=O)NN=Cc2c(O)ccc3ccccc23)nc2ccccc21. The second-order valence-corrected chi connectivity index (χ2v) is 7.37. The Labute approximate surface area is 172 Å². The lowest BCUT2D eigenvalue weighted by Crippen LogP contribution is -2.20. The molecule has 0 radical (unpaired) electrons. The van der Waals surface area contributed by atoms with E-state index in [1.807, 2.05) is 54.6 Å². The summed E-state index contributed by atoms with van der Waals surface area (Å²) in [4.78, 5) is 16.8. The molecule has 0 bridgehead atoms. The molecule has 4 rings (SSSR count). The first-order chi connectivity index (χ1) is 14.2. The van der Waals surface area contributed by atoms with Gasteiger partial charge in [0.05, 0.1) is 23.0 Å². The number of phenolic OH excluding ortho intramolecular Hbond substituents is 1. The van der Waals surface area contributed by atoms with Crippen molar-refractivity contribution in [1.29, 1.82) is 0 Å². The van der Waals surface area contributed by atoms with E-state index in [-0.39, 0.29) is 17.4 Å². The number of para-hydroxylation sites is 2. The molecule has 0 saturated carbocycles. The van der Waals surface area contributed by atoms with Gasteiger partial charge in [0, 0.05) is 12.1 Å². The number of aromatic nitrogens is 2. The molecule has 146 valence electrons. The highest BCUT2D eigenvalue weighted by atomic mass is 32.2. The van der Waals surface area contributed by atoms with Gasteiger partial charge in [0.2, 0.25) is 0 Å². The summed E-state index contributed by atoms with van der Waals surface area (Å²) in [5, 5.41) is 16.8. The van der Waals surface area contributed by atoms with Crippen molar-refractivity contribution in [2.24, 2.45) is 5.10 Å². The summed E-state index contributed by atoms with van der Waals surface area (Å²) in [6.07, 6.45) is 1.47. The van der Waals surface area contributed by atoms with Gasteiger partial charge < -0.3 is 9.67 Å². The summed E-state index contributed by atoms with van der Waals surface area (Å²) in [6, 6.07) is 19.1. The smallest absolute Gasteiger partial charge is 0.250 e. The number of aromatic hydroxyl groups is 1. The van der Waals surface area contributed by atoms with Gasteiger partial charge in [-0.05, 0) is 35.9 Å². The fourth-order valence-corrected chi connectivity index (χ4v) is 4.09. The van der Waals surface area contributed by atoms with E-state index in [9.17, 15) is 9.90 Å². The molecule has 0 aliphatic rings. The van der Waals surface area contributed by atoms with E-state index in [0.29, 0.717) is 5.56 Å². The van der Waals surface area contributed by atoms with Gasteiger partial charge in [-0.1, -0.05) is 54.2 Å². The molecule has 6 nitrogen and oxygen atoms in total. The van der Waals surface area contributed by atoms with Crippen LogP contribution in [0.3, 0.4) is 0 Å². The largest absolute Gasteiger partial charge is 0.507 e. The molecule has 1 heterocycles. The molecule has 0 unspecified atom stereocenters. The van der Waals surface area contributed by atoms with Crippen molar-refractivity contribution in [3.8, 4) is 5.75 Å². The van der Waals surface area contributed by atoms with E-state index in [1.165, 1.54) is 18.0 Å². The quantitative estimate of drug-likeness (QED) is 0.287. The Morgan fingerprint density at radius 1 is 1.17 bits per heavy atom. The van der Waals surface area contributed by atoms with Crippen LogP contribution in [0.15, 0.2) is 70.9 Å². The van der Waals surface area contributed by atoms with Crippen LogP contribution in [0.4, 0.5) is 0 Å². The predicted octanol–water partition coefficient (Wildman–Crippen LogP) is 4.16. The Morgan fingerprint density at radius 2 is 1.97 bits per heavy atom. The lowest BCUT2D eigenvalue weighted by atomic mass is 10.0. The Balaban J connectivity index is 1.43. The zero-order valence-electron chi connectivity index (χ0n) is 15.9. The summed E-state index contributed by atoms with van der Waals surface area (Å²) in [5.74, 6) is 0.0794. The van der Waals surface area contributed by atoms with Crippen LogP contribution in [0, 0.1) is 0 Å². The Hall–Kier alpha value is -3.32. The van der Waals surface area contributed by atoms with Gasteiger partial charge in [-0.25, -0.2) is 10.4 Å². The Morgan fingerprint density at radius 3 is 2.83 bits per heavy atom. The number of thioether (sulfide) groups is 1. The second-order valence-electron chi connectivity index (χ2n) is 6.43. The van der Waals surface area contributed by atoms with Gasteiger partial charge in [0.15, 0.2) is 5.16 Å². The highest BCUT2D eigenvalue weighted by molar-refractivity contribution is 7.99. The van der Waals surface area contributed by atoms with Gasteiger partial charge in [-0.2, -0.15) is 5.10 Å². The lowest BCUT2D eigenvalue weighted by Gasteiger charge is -2.06. The van der Waals surface area contributed by atoms with Crippen LogP contribution in [-0.2, 0) is 11.3 Å². The highest BCUT2D eigenvalue weighted by Gasteiger charge is 2.11. The maximum absolute atomic E-state index is 12.2. The Kier molecular flexibility index (Phi) is 5.48. The average Bonchev–Trinajstić information content (AvgIpc) is 3.11. The predicted molar refractivity (Wildman–Crippen MR) is 117 cm³/mol. The van der Waals surface area contributed by atoms with Gasteiger partial charge in [0.1, 0.15) is 5.75 Å². The molecule has 3 aromatic carbocycles. The van der Waals surface area contributed by atoms with Gasteiger partial charge in [-0.15, -0.1) is 0 Å². The molecule has 0 saturated heterocycles. The van der Waals surface area contributed by atoms with Crippen molar-refractivity contribution >= 4 is 45.7 Å². The third-order valence-electron chi connectivity index (χ3n) is 4.60. The normalized spacial score (nSPS) is 11.5. The van der Waals surface area contributed by atoms with E-state index in [4.69, 9.17) is 0 Å². The van der Waals surface area contributed by atoms with E-state index >= 15 is 0 Å². The second kappa shape index (κ2) is 8.36. The summed E-state index contributed by atoms with van der Waals surface area (Å²) >= 11 is 1.37. The maximum Gasteiger partial charge on any atom is 0.250 e. The van der Waals surface area contributed by atoms with Crippen LogP contribution in [0.5, 0.6) is 5.75 Å². The van der Waals surface area contributed by atoms with Gasteiger partial charge in [-0.3, -0.25) is 4.79 Å². The highest BCUT2D eigenvalue weighted by Crippen LogP contribution is 2.26. The topological polar surface area (TPSA) is 79.5 Å². The molecule has 1 aromatic heterocycles. The number of hydrogen-bond donors (Lipinski definition) is 2. The monoisotopic (exact) mass is 404 g/mol. The first kappa shape index (κ1) is 19.0. The fraction of sp³-hybridized carbons (Fsp3) is 0.136. The molecule has 0 fully saturated rings. The summed E-state index contributed by atoms with van der Waals surface area (Å²) in [7, 11) is 0. The van der Waals surface area contributed by atoms with Crippen LogP contribution in [0.1, 0.15) is 12.5 Å². The van der Waals surface area contributed by atoms with E-state index in [2.05, 4.69) is 27.0 Å². The average molecular weight is 404 g/mol. The number of nitrogens with one attached hydrogen (secondary N) is 1. The molecule has 0 atom stereocenters. The minimum atomic E-state index is -0.235. The molecule has 4 aromatic rings. The number of hydrazone groups is 1. The third-order valence-corrected chi connectivity index (χ3v) is 5.58. The standard InChI is InChI=1S/C22H20N4O2S/c1-2-26-19-10-6-5-9-18(19)24-22(26)29-14-21(28)25-23-13-17-16-8-4-3-7-15(16)11-12-20(17)27/h3-13,27H,2,14H2,1H3,(H,25,28). The van der Waals surface area contributed by atoms with Crippen molar-refractivity contribution < 1.29 is 9.90 Å². The molecular weight excluding hydrogens is 384 g/mol. The van der Waals surface area contributed by atoms with Crippen molar-refractivity contribution in [1.82, 2.24) is 15.0 Å². The zero-order valence-corrected chi connectivity index (χ0v) is 16.7. The number of hydrogen-bond acceptors (Lipinski definition) is 5. The minimum Gasteiger partial charge on any atom is -0.507 e. The maximum atomic E-state index is 12.2. The van der Waals surface area contributed by atoms with Gasteiger partial charge >= 0.3 is 0 Å². The number of benzene rings is 3. The molecule has 0 aliphatic carbocycles. The van der Waals surface area contributed by atoms with Crippen LogP contribution < -0.4 is 5.43 Å². The fourth-order valence-electron chi connectivity index (χ4n) is 3.22. The van der Waals surface area contributed by atoms with Gasteiger partial charge in [0.25, 0.3) is 5.91 Å². The number of rotatable bonds is 6. The molecule has 1 amide bonds. The number of nitrogens with zero attached hydrogens (tertiary/aromatic N) is 3. The van der Waals surface area contributed by atoms with E-state index in [1.54, 1.807) is 6.07 Å². The van der Waals surface area contributed by atoms with Crippen LogP contribution in [-0.4, -0.2) is 32.5 Å². The number of amides is 1. The summed E-state index contributed by atoms with van der Waals surface area (Å²) in [5.41, 5.74) is 5.08. The number of carbonyl (C=O) groups is 1. The third kappa shape index (κ3) is 3.95. The minimum absolute atomic E-state index is 0.118. The lowest BCUT2D eigenvalue weighted by molar-refractivity contribution is -0.118. The summed E-state index contributed by atoms with van der Waals surface area (Å²) < 4.78 is 2.09.